The average Bonchev–Trinajstić information content (AvgIpc) is 3.45. The molecule has 1 aliphatic heterocycles. The van der Waals surface area contributed by atoms with Crippen LogP contribution in [0.4, 0.5) is 5.69 Å². The van der Waals surface area contributed by atoms with E-state index >= 15 is 0 Å². The Morgan fingerprint density at radius 1 is 1.11 bits per heavy atom. The van der Waals surface area contributed by atoms with Crippen LogP contribution < -0.4 is 10.1 Å². The highest BCUT2D eigenvalue weighted by molar-refractivity contribution is 7.89. The number of hydrogen-bond acceptors (Lipinski definition) is 6. The number of nitrogens with one attached hydrogen (secondary N) is 1. The minimum Gasteiger partial charge on any atom is -0.489 e. The molecule has 0 saturated carbocycles. The largest absolute Gasteiger partial charge is 0.489 e. The lowest BCUT2D eigenvalue weighted by Gasteiger charge is -2.26. The fourth-order valence-electron chi connectivity index (χ4n) is 4.71. The van der Waals surface area contributed by atoms with Crippen LogP contribution in [0, 0.1) is 0 Å². The van der Waals surface area contributed by atoms with Gasteiger partial charge in [-0.3, -0.25) is 4.79 Å². The molecule has 5 rings (SSSR count). The van der Waals surface area contributed by atoms with Gasteiger partial charge in [0.1, 0.15) is 11.3 Å². The first-order valence-corrected chi connectivity index (χ1v) is 13.5. The number of carbonyl (C=O) groups is 1. The van der Waals surface area contributed by atoms with E-state index in [1.165, 1.54) is 27.6 Å². The second-order valence-corrected chi connectivity index (χ2v) is 11.2. The number of carbonyl (C=O) groups excluding carboxylic acids is 1. The summed E-state index contributed by atoms with van der Waals surface area (Å²) < 4.78 is 44.6. The van der Waals surface area contributed by atoms with Crippen molar-refractivity contribution >= 4 is 32.6 Å². The van der Waals surface area contributed by atoms with Crippen LogP contribution in [0.25, 0.3) is 11.0 Å². The molecule has 35 heavy (non-hydrogen) atoms. The average molecular weight is 499 g/mol. The standard InChI is InChI=1S/C26H30N2O6S/c1-17(2)34-24-7-6-21(35(30,31)28-8-10-32-11-9-28)15-23(24)27-26(29)14-20-16-33-25-13-19-5-3-4-18(19)12-22(20)25/h6-7,12-13,15-17H,3-5,8-11,14H2,1-2H3,(H,27,29). The summed E-state index contributed by atoms with van der Waals surface area (Å²) in [6.07, 6.45) is 4.83. The Balaban J connectivity index is 1.40. The lowest BCUT2D eigenvalue weighted by Crippen LogP contribution is -2.40. The van der Waals surface area contributed by atoms with Crippen molar-refractivity contribution in [1.82, 2.24) is 4.31 Å². The highest BCUT2D eigenvalue weighted by Gasteiger charge is 2.27. The number of anilines is 1. The number of aryl methyl sites for hydroxylation is 2. The minimum absolute atomic E-state index is 0.105. The molecule has 2 heterocycles. The number of hydrogen-bond donors (Lipinski definition) is 1. The number of furan rings is 1. The highest BCUT2D eigenvalue weighted by Crippen LogP contribution is 2.32. The molecule has 1 fully saturated rings. The molecule has 0 spiro atoms. The Bertz CT molecular complexity index is 1360. The number of morpholine rings is 1. The number of sulfonamides is 1. The van der Waals surface area contributed by atoms with Gasteiger partial charge in [0.05, 0.1) is 42.6 Å². The second-order valence-electron chi connectivity index (χ2n) is 9.30. The van der Waals surface area contributed by atoms with Crippen molar-refractivity contribution in [3.8, 4) is 5.75 Å². The Kier molecular flexibility index (Phi) is 6.57. The molecule has 0 unspecified atom stereocenters. The molecule has 0 radical (unpaired) electrons. The van der Waals surface area contributed by atoms with Gasteiger partial charge in [-0.25, -0.2) is 8.42 Å². The molecule has 8 nitrogen and oxygen atoms in total. The molecular formula is C26H30N2O6S. The molecule has 1 aromatic heterocycles. The molecule has 1 N–H and O–H groups in total. The summed E-state index contributed by atoms with van der Waals surface area (Å²) in [7, 11) is -3.72. The Labute approximate surface area is 205 Å². The molecule has 0 atom stereocenters. The van der Waals surface area contributed by atoms with E-state index in [0.717, 1.165) is 35.8 Å². The van der Waals surface area contributed by atoms with Gasteiger partial charge in [-0.2, -0.15) is 4.31 Å². The normalized spacial score (nSPS) is 16.5. The van der Waals surface area contributed by atoms with Gasteiger partial charge >= 0.3 is 0 Å². The van der Waals surface area contributed by atoms with Crippen LogP contribution in [0.2, 0.25) is 0 Å². The van der Waals surface area contributed by atoms with Crippen molar-refractivity contribution in [1.29, 1.82) is 0 Å². The zero-order chi connectivity index (χ0) is 24.6. The maximum absolute atomic E-state index is 13.2. The van der Waals surface area contributed by atoms with Crippen LogP contribution in [-0.4, -0.2) is 51.0 Å². The van der Waals surface area contributed by atoms with Crippen LogP contribution >= 0.6 is 0 Å². The maximum atomic E-state index is 13.2. The van der Waals surface area contributed by atoms with Gasteiger partial charge in [-0.05, 0) is 74.6 Å². The molecule has 2 aliphatic rings. The van der Waals surface area contributed by atoms with E-state index in [0.29, 0.717) is 37.7 Å². The summed E-state index contributed by atoms with van der Waals surface area (Å²) in [6.45, 7) is 5.07. The first-order chi connectivity index (χ1) is 16.8. The van der Waals surface area contributed by atoms with E-state index in [4.69, 9.17) is 13.9 Å². The minimum atomic E-state index is -3.72. The van der Waals surface area contributed by atoms with Crippen molar-refractivity contribution in [2.45, 2.75) is 50.5 Å². The number of ether oxygens (including phenoxy) is 2. The Hall–Kier alpha value is -2.88. The fourth-order valence-corrected chi connectivity index (χ4v) is 6.15. The van der Waals surface area contributed by atoms with Crippen LogP contribution in [-0.2, 0) is 38.8 Å². The quantitative estimate of drug-likeness (QED) is 0.530. The van der Waals surface area contributed by atoms with Gasteiger partial charge in [0, 0.05) is 24.0 Å². The number of nitrogens with zero attached hydrogens (tertiary/aromatic N) is 1. The van der Waals surface area contributed by atoms with Gasteiger partial charge in [0.2, 0.25) is 15.9 Å². The van der Waals surface area contributed by atoms with Crippen LogP contribution in [0.5, 0.6) is 5.75 Å². The first kappa shape index (κ1) is 23.8. The summed E-state index contributed by atoms with van der Waals surface area (Å²) in [4.78, 5) is 13.2. The van der Waals surface area contributed by atoms with Crippen molar-refractivity contribution in [3.63, 3.8) is 0 Å². The smallest absolute Gasteiger partial charge is 0.243 e. The van der Waals surface area contributed by atoms with Crippen molar-refractivity contribution in [2.24, 2.45) is 0 Å². The van der Waals surface area contributed by atoms with Gasteiger partial charge in [0.25, 0.3) is 0 Å². The van der Waals surface area contributed by atoms with E-state index in [-0.39, 0.29) is 23.3 Å². The molecular weight excluding hydrogens is 468 g/mol. The zero-order valence-electron chi connectivity index (χ0n) is 20.0. The van der Waals surface area contributed by atoms with Gasteiger partial charge < -0.3 is 19.2 Å². The molecule has 1 amide bonds. The number of benzene rings is 2. The van der Waals surface area contributed by atoms with Gasteiger partial charge in [-0.1, -0.05) is 0 Å². The third-order valence-corrected chi connectivity index (χ3v) is 8.31. The maximum Gasteiger partial charge on any atom is 0.243 e. The number of rotatable bonds is 7. The SMILES string of the molecule is CC(C)Oc1ccc(S(=O)(=O)N2CCOCC2)cc1NC(=O)Cc1coc2cc3c(cc12)CCC3. The Morgan fingerprint density at radius 3 is 2.60 bits per heavy atom. The topological polar surface area (TPSA) is 98.1 Å². The van der Waals surface area contributed by atoms with Crippen molar-refractivity contribution < 1.29 is 27.1 Å². The Morgan fingerprint density at radius 2 is 1.86 bits per heavy atom. The van der Waals surface area contributed by atoms with Crippen molar-refractivity contribution in [2.75, 3.05) is 31.6 Å². The fraction of sp³-hybridized carbons (Fsp3) is 0.423. The monoisotopic (exact) mass is 498 g/mol. The number of amides is 1. The van der Waals surface area contributed by atoms with Gasteiger partial charge in [0.15, 0.2) is 0 Å². The molecule has 3 aromatic rings. The predicted octanol–water partition coefficient (Wildman–Crippen LogP) is 3.91. The van der Waals surface area contributed by atoms with Gasteiger partial charge in [-0.15, -0.1) is 0 Å². The van der Waals surface area contributed by atoms with E-state index in [9.17, 15) is 13.2 Å². The predicted molar refractivity (Wildman–Crippen MR) is 132 cm³/mol. The molecule has 0 bridgehead atoms. The molecule has 1 saturated heterocycles. The molecule has 1 aliphatic carbocycles. The van der Waals surface area contributed by atoms with Crippen LogP contribution in [0.3, 0.4) is 0 Å². The van der Waals surface area contributed by atoms with E-state index in [1.807, 2.05) is 13.8 Å². The number of fused-ring (bicyclic) bond motifs is 2. The van der Waals surface area contributed by atoms with E-state index < -0.39 is 10.0 Å². The zero-order valence-corrected chi connectivity index (χ0v) is 20.8. The summed E-state index contributed by atoms with van der Waals surface area (Å²) in [5.74, 6) is 0.145. The molecule has 9 heteroatoms. The summed E-state index contributed by atoms with van der Waals surface area (Å²) in [5, 5.41) is 3.82. The lowest BCUT2D eigenvalue weighted by molar-refractivity contribution is -0.115. The summed E-state index contributed by atoms with van der Waals surface area (Å²) in [5.41, 5.74) is 4.55. The highest BCUT2D eigenvalue weighted by atomic mass is 32.2. The first-order valence-electron chi connectivity index (χ1n) is 12.0. The lowest BCUT2D eigenvalue weighted by atomic mass is 10.0. The second kappa shape index (κ2) is 9.64. The van der Waals surface area contributed by atoms with E-state index in [1.54, 1.807) is 12.3 Å². The van der Waals surface area contributed by atoms with Crippen molar-refractivity contribution in [3.05, 3.63) is 53.3 Å². The summed E-state index contributed by atoms with van der Waals surface area (Å²) >= 11 is 0. The van der Waals surface area contributed by atoms with E-state index in [2.05, 4.69) is 17.4 Å². The summed E-state index contributed by atoms with van der Waals surface area (Å²) in [6, 6.07) is 8.79. The van der Waals surface area contributed by atoms with Crippen LogP contribution in [0.1, 0.15) is 37.0 Å². The third-order valence-electron chi connectivity index (χ3n) is 6.41. The molecule has 2 aromatic carbocycles. The van der Waals surface area contributed by atoms with Crippen LogP contribution in [0.15, 0.2) is 45.9 Å². The third kappa shape index (κ3) is 4.94. The molecule has 186 valence electrons.